The van der Waals surface area contributed by atoms with Crippen LogP contribution in [0.4, 0.5) is 0 Å². The van der Waals surface area contributed by atoms with E-state index in [1.165, 1.54) is 0 Å². The summed E-state index contributed by atoms with van der Waals surface area (Å²) in [5, 5.41) is 9.10. The summed E-state index contributed by atoms with van der Waals surface area (Å²) in [6.07, 6.45) is 0. The quantitative estimate of drug-likeness (QED) is 0.857. The first-order chi connectivity index (χ1) is 9.76. The van der Waals surface area contributed by atoms with Gasteiger partial charge in [0.15, 0.2) is 11.5 Å². The lowest BCUT2D eigenvalue weighted by molar-refractivity contribution is 0.174. The van der Waals surface area contributed by atoms with Crippen molar-refractivity contribution in [2.45, 2.75) is 13.5 Å². The molecule has 2 aromatic carbocycles. The number of nitriles is 1. The van der Waals surface area contributed by atoms with Crippen LogP contribution in [0.3, 0.4) is 0 Å². The molecule has 0 aliphatic carbocycles. The fourth-order valence-corrected chi connectivity index (χ4v) is 2.05. The second-order valence-corrected chi connectivity index (χ2v) is 4.59. The van der Waals surface area contributed by atoms with E-state index in [1.807, 2.05) is 43.3 Å². The van der Waals surface area contributed by atoms with Crippen molar-refractivity contribution in [3.05, 3.63) is 53.1 Å². The molecule has 0 fully saturated rings. The van der Waals surface area contributed by atoms with Crippen LogP contribution in [0.1, 0.15) is 16.7 Å². The Morgan fingerprint density at radius 1 is 1.15 bits per heavy atom. The van der Waals surface area contributed by atoms with Crippen LogP contribution < -0.4 is 14.2 Å². The highest BCUT2D eigenvalue weighted by atomic mass is 16.7. The minimum atomic E-state index is 0.260. The van der Waals surface area contributed by atoms with Crippen molar-refractivity contribution in [2.75, 3.05) is 6.79 Å². The number of aryl methyl sites for hydroxylation is 1. The molecule has 20 heavy (non-hydrogen) atoms. The molecule has 0 saturated heterocycles. The number of benzene rings is 2. The molecule has 0 amide bonds. The summed E-state index contributed by atoms with van der Waals surface area (Å²) in [5.41, 5.74) is 2.56. The smallest absolute Gasteiger partial charge is 0.231 e. The molecule has 0 saturated carbocycles. The average molecular weight is 267 g/mol. The first kappa shape index (κ1) is 12.4. The van der Waals surface area contributed by atoms with Crippen molar-refractivity contribution < 1.29 is 14.2 Å². The summed E-state index contributed by atoms with van der Waals surface area (Å²) in [7, 11) is 0. The first-order valence-corrected chi connectivity index (χ1v) is 6.28. The summed E-state index contributed by atoms with van der Waals surface area (Å²) in [4.78, 5) is 0. The van der Waals surface area contributed by atoms with Crippen LogP contribution in [-0.2, 0) is 6.61 Å². The van der Waals surface area contributed by atoms with Gasteiger partial charge in [-0.1, -0.05) is 12.1 Å². The summed E-state index contributed by atoms with van der Waals surface area (Å²) >= 11 is 0. The molecule has 3 rings (SSSR count). The lowest BCUT2D eigenvalue weighted by atomic mass is 10.1. The van der Waals surface area contributed by atoms with Crippen molar-refractivity contribution in [2.24, 2.45) is 0 Å². The fraction of sp³-hybridized carbons (Fsp3) is 0.188. The van der Waals surface area contributed by atoms with E-state index in [9.17, 15) is 0 Å². The number of rotatable bonds is 3. The Morgan fingerprint density at radius 3 is 2.85 bits per heavy atom. The highest BCUT2D eigenvalue weighted by Gasteiger charge is 2.13. The molecule has 0 atom stereocenters. The highest BCUT2D eigenvalue weighted by Crippen LogP contribution is 2.32. The van der Waals surface area contributed by atoms with Gasteiger partial charge in [0.2, 0.25) is 6.79 Å². The summed E-state index contributed by atoms with van der Waals surface area (Å²) in [6, 6.07) is 13.4. The minimum Gasteiger partial charge on any atom is -0.488 e. The average Bonchev–Trinajstić information content (AvgIpc) is 2.93. The maximum atomic E-state index is 9.10. The molecule has 4 nitrogen and oxygen atoms in total. The molecule has 100 valence electrons. The number of hydrogen-bond donors (Lipinski definition) is 0. The molecule has 1 aliphatic rings. The van der Waals surface area contributed by atoms with E-state index in [4.69, 9.17) is 19.5 Å². The van der Waals surface area contributed by atoms with E-state index in [1.54, 1.807) is 0 Å². The van der Waals surface area contributed by atoms with Crippen molar-refractivity contribution >= 4 is 0 Å². The molecule has 1 heterocycles. The lowest BCUT2D eigenvalue weighted by Crippen LogP contribution is -1.97. The second kappa shape index (κ2) is 5.14. The molecule has 0 N–H and O–H groups in total. The zero-order valence-corrected chi connectivity index (χ0v) is 11.1. The SMILES string of the molecule is Cc1ccc(OCc2ccc3c(c2)OCO3)c(C#N)c1. The van der Waals surface area contributed by atoms with E-state index in [0.29, 0.717) is 17.9 Å². The molecule has 0 unspecified atom stereocenters. The lowest BCUT2D eigenvalue weighted by Gasteiger charge is -2.09. The molecule has 1 aliphatic heterocycles. The number of nitrogens with zero attached hydrogens (tertiary/aromatic N) is 1. The molecule has 0 bridgehead atoms. The molecule has 0 spiro atoms. The number of ether oxygens (including phenoxy) is 3. The summed E-state index contributed by atoms with van der Waals surface area (Å²) in [6.45, 7) is 2.59. The van der Waals surface area contributed by atoms with Crippen molar-refractivity contribution in [3.63, 3.8) is 0 Å². The molecule has 0 radical (unpaired) electrons. The van der Waals surface area contributed by atoms with Crippen LogP contribution in [0.15, 0.2) is 36.4 Å². The molecular weight excluding hydrogens is 254 g/mol. The molecule has 0 aromatic heterocycles. The van der Waals surface area contributed by atoms with Crippen molar-refractivity contribution in [1.82, 2.24) is 0 Å². The van der Waals surface area contributed by atoms with Gasteiger partial charge in [-0.25, -0.2) is 0 Å². The predicted molar refractivity (Wildman–Crippen MR) is 72.8 cm³/mol. The standard InChI is InChI=1S/C16H13NO3/c1-11-2-4-14(13(6-11)8-17)18-9-12-3-5-15-16(7-12)20-10-19-15/h2-7H,9-10H2,1H3. The maximum absolute atomic E-state index is 9.10. The van der Waals surface area contributed by atoms with Crippen LogP contribution in [-0.4, -0.2) is 6.79 Å². The Morgan fingerprint density at radius 2 is 2.00 bits per heavy atom. The van der Waals surface area contributed by atoms with Crippen LogP contribution in [0.25, 0.3) is 0 Å². The van der Waals surface area contributed by atoms with E-state index < -0.39 is 0 Å². The van der Waals surface area contributed by atoms with Gasteiger partial charge in [-0.15, -0.1) is 0 Å². The van der Waals surface area contributed by atoms with E-state index in [0.717, 1.165) is 22.6 Å². The van der Waals surface area contributed by atoms with E-state index in [-0.39, 0.29) is 6.79 Å². The van der Waals surface area contributed by atoms with Crippen LogP contribution >= 0.6 is 0 Å². The highest BCUT2D eigenvalue weighted by molar-refractivity contribution is 5.46. The normalized spacial score (nSPS) is 12.0. The van der Waals surface area contributed by atoms with Gasteiger partial charge < -0.3 is 14.2 Å². The second-order valence-electron chi connectivity index (χ2n) is 4.59. The topological polar surface area (TPSA) is 51.5 Å². The fourth-order valence-electron chi connectivity index (χ4n) is 2.05. The Kier molecular flexibility index (Phi) is 3.18. The van der Waals surface area contributed by atoms with Gasteiger partial charge in [0.05, 0.1) is 5.56 Å². The van der Waals surface area contributed by atoms with Gasteiger partial charge in [0.1, 0.15) is 18.4 Å². The summed E-state index contributed by atoms with van der Waals surface area (Å²) < 4.78 is 16.3. The van der Waals surface area contributed by atoms with Crippen LogP contribution in [0, 0.1) is 18.3 Å². The Labute approximate surface area is 117 Å². The molecule has 2 aromatic rings. The zero-order valence-electron chi connectivity index (χ0n) is 11.1. The number of fused-ring (bicyclic) bond motifs is 1. The zero-order chi connectivity index (χ0) is 13.9. The first-order valence-electron chi connectivity index (χ1n) is 6.28. The number of hydrogen-bond acceptors (Lipinski definition) is 4. The Bertz CT molecular complexity index is 689. The van der Waals surface area contributed by atoms with Gasteiger partial charge in [-0.3, -0.25) is 0 Å². The van der Waals surface area contributed by atoms with E-state index >= 15 is 0 Å². The third-order valence-electron chi connectivity index (χ3n) is 3.09. The van der Waals surface area contributed by atoms with Crippen molar-refractivity contribution in [1.29, 1.82) is 5.26 Å². The summed E-state index contributed by atoms with van der Waals surface area (Å²) in [5.74, 6) is 2.08. The third kappa shape index (κ3) is 2.39. The minimum absolute atomic E-state index is 0.260. The monoisotopic (exact) mass is 267 g/mol. The van der Waals surface area contributed by atoms with Gasteiger partial charge in [0, 0.05) is 0 Å². The van der Waals surface area contributed by atoms with Crippen LogP contribution in [0.2, 0.25) is 0 Å². The predicted octanol–water partition coefficient (Wildman–Crippen LogP) is 3.17. The van der Waals surface area contributed by atoms with Crippen molar-refractivity contribution in [3.8, 4) is 23.3 Å². The Balaban J connectivity index is 1.75. The van der Waals surface area contributed by atoms with Gasteiger partial charge >= 0.3 is 0 Å². The van der Waals surface area contributed by atoms with Gasteiger partial charge in [-0.05, 0) is 42.3 Å². The van der Waals surface area contributed by atoms with E-state index in [2.05, 4.69) is 6.07 Å². The largest absolute Gasteiger partial charge is 0.488 e. The van der Waals surface area contributed by atoms with Gasteiger partial charge in [-0.2, -0.15) is 5.26 Å². The van der Waals surface area contributed by atoms with Gasteiger partial charge in [0.25, 0.3) is 0 Å². The third-order valence-corrected chi connectivity index (χ3v) is 3.09. The Hall–Kier alpha value is -2.67. The maximum Gasteiger partial charge on any atom is 0.231 e. The molecular formula is C16H13NO3. The molecule has 4 heteroatoms. The van der Waals surface area contributed by atoms with Crippen LogP contribution in [0.5, 0.6) is 17.2 Å².